The molecule has 0 bridgehead atoms. The molecular weight excluding hydrogens is 209 g/mol. The van der Waals surface area contributed by atoms with Gasteiger partial charge < -0.3 is 4.74 Å². The molecule has 0 spiro atoms. The number of hydrogen-bond acceptors (Lipinski definition) is 2. The summed E-state index contributed by atoms with van der Waals surface area (Å²) >= 11 is 0. The fourth-order valence-corrected chi connectivity index (χ4v) is 1.02. The molecule has 0 saturated heterocycles. The van der Waals surface area contributed by atoms with Gasteiger partial charge in [-0.2, -0.15) is 18.3 Å². The van der Waals surface area contributed by atoms with E-state index in [9.17, 15) is 13.2 Å². The Balaban J connectivity index is 2.20. The Hall–Kier alpha value is -1.04. The van der Waals surface area contributed by atoms with Crippen LogP contribution in [0.1, 0.15) is 19.0 Å². The van der Waals surface area contributed by atoms with Gasteiger partial charge in [-0.25, -0.2) is 0 Å². The Bertz CT molecular complexity index is 296. The molecule has 1 heterocycles. The highest BCUT2D eigenvalue weighted by atomic mass is 19.4. The zero-order chi connectivity index (χ0) is 11.3. The Kier molecular flexibility index (Phi) is 4.14. The SMILES string of the molecule is CCn1ccc(COCCC(F)(F)F)n1. The van der Waals surface area contributed by atoms with Crippen LogP contribution in [0.4, 0.5) is 13.2 Å². The van der Waals surface area contributed by atoms with E-state index in [0.29, 0.717) is 5.69 Å². The zero-order valence-electron chi connectivity index (χ0n) is 8.42. The van der Waals surface area contributed by atoms with Crippen molar-refractivity contribution in [2.45, 2.75) is 32.7 Å². The number of rotatable bonds is 5. The van der Waals surface area contributed by atoms with Crippen LogP contribution in [0.2, 0.25) is 0 Å². The van der Waals surface area contributed by atoms with E-state index in [1.807, 2.05) is 6.92 Å². The van der Waals surface area contributed by atoms with Gasteiger partial charge in [-0.3, -0.25) is 4.68 Å². The molecule has 1 rings (SSSR count). The molecule has 0 aliphatic rings. The third kappa shape index (κ3) is 4.83. The van der Waals surface area contributed by atoms with Crippen molar-refractivity contribution in [1.82, 2.24) is 9.78 Å². The first-order chi connectivity index (χ1) is 7.01. The Morgan fingerprint density at radius 1 is 1.47 bits per heavy atom. The second-order valence-electron chi connectivity index (χ2n) is 3.08. The van der Waals surface area contributed by atoms with E-state index in [1.54, 1.807) is 16.9 Å². The largest absolute Gasteiger partial charge is 0.391 e. The van der Waals surface area contributed by atoms with Crippen molar-refractivity contribution >= 4 is 0 Å². The number of aromatic nitrogens is 2. The van der Waals surface area contributed by atoms with Crippen LogP contribution in [0.5, 0.6) is 0 Å². The van der Waals surface area contributed by atoms with E-state index in [0.717, 1.165) is 6.54 Å². The van der Waals surface area contributed by atoms with Gasteiger partial charge in [0.1, 0.15) is 0 Å². The third-order valence-corrected chi connectivity index (χ3v) is 1.80. The quantitative estimate of drug-likeness (QED) is 0.715. The second-order valence-corrected chi connectivity index (χ2v) is 3.08. The predicted molar refractivity (Wildman–Crippen MR) is 48.2 cm³/mol. The number of alkyl halides is 3. The fraction of sp³-hybridized carbons (Fsp3) is 0.667. The van der Waals surface area contributed by atoms with Crippen LogP contribution in [0.15, 0.2) is 12.3 Å². The van der Waals surface area contributed by atoms with E-state index < -0.39 is 12.6 Å². The summed E-state index contributed by atoms with van der Waals surface area (Å²) in [5, 5.41) is 4.07. The molecule has 86 valence electrons. The van der Waals surface area contributed by atoms with Crippen molar-refractivity contribution in [3.05, 3.63) is 18.0 Å². The van der Waals surface area contributed by atoms with E-state index in [1.165, 1.54) is 0 Å². The molecule has 1 aromatic heterocycles. The summed E-state index contributed by atoms with van der Waals surface area (Å²) in [5.41, 5.74) is 0.652. The van der Waals surface area contributed by atoms with E-state index in [-0.39, 0.29) is 13.2 Å². The van der Waals surface area contributed by atoms with Crippen molar-refractivity contribution < 1.29 is 17.9 Å². The van der Waals surface area contributed by atoms with Gasteiger partial charge in [0.15, 0.2) is 0 Å². The van der Waals surface area contributed by atoms with Gasteiger partial charge in [0.25, 0.3) is 0 Å². The molecule has 0 amide bonds. The van der Waals surface area contributed by atoms with Crippen LogP contribution < -0.4 is 0 Å². The van der Waals surface area contributed by atoms with Crippen molar-refractivity contribution in [2.24, 2.45) is 0 Å². The normalized spacial score (nSPS) is 12.0. The number of halogens is 3. The average Bonchev–Trinajstić information content (AvgIpc) is 2.59. The first kappa shape index (κ1) is 12.0. The minimum Gasteiger partial charge on any atom is -0.375 e. The summed E-state index contributed by atoms with van der Waals surface area (Å²) in [6.07, 6.45) is -3.30. The molecule has 0 radical (unpaired) electrons. The maximum absolute atomic E-state index is 11.7. The predicted octanol–water partition coefficient (Wildman–Crippen LogP) is 2.37. The van der Waals surface area contributed by atoms with Gasteiger partial charge in [0.05, 0.1) is 25.3 Å². The van der Waals surface area contributed by atoms with Gasteiger partial charge in [0.2, 0.25) is 0 Å². The molecule has 0 fully saturated rings. The van der Waals surface area contributed by atoms with Gasteiger partial charge in [-0.15, -0.1) is 0 Å². The number of aryl methyl sites for hydroxylation is 1. The van der Waals surface area contributed by atoms with E-state index >= 15 is 0 Å². The molecule has 0 atom stereocenters. The van der Waals surface area contributed by atoms with Crippen LogP contribution in [0.25, 0.3) is 0 Å². The summed E-state index contributed by atoms with van der Waals surface area (Å²) in [6, 6.07) is 1.73. The van der Waals surface area contributed by atoms with Crippen molar-refractivity contribution in [3.8, 4) is 0 Å². The molecular formula is C9H13F3N2O. The van der Waals surface area contributed by atoms with Crippen molar-refractivity contribution in [1.29, 1.82) is 0 Å². The minimum absolute atomic E-state index is 0.128. The molecule has 1 aromatic rings. The van der Waals surface area contributed by atoms with Gasteiger partial charge >= 0.3 is 6.18 Å². The van der Waals surface area contributed by atoms with Gasteiger partial charge in [-0.05, 0) is 13.0 Å². The lowest BCUT2D eigenvalue weighted by molar-refractivity contribution is -0.146. The Morgan fingerprint density at radius 2 is 2.20 bits per heavy atom. The van der Waals surface area contributed by atoms with E-state index in [2.05, 4.69) is 5.10 Å². The zero-order valence-corrected chi connectivity index (χ0v) is 8.42. The lowest BCUT2D eigenvalue weighted by Gasteiger charge is -2.05. The molecule has 0 N–H and O–H groups in total. The van der Waals surface area contributed by atoms with Crippen LogP contribution in [-0.4, -0.2) is 22.6 Å². The molecule has 0 aliphatic carbocycles. The average molecular weight is 222 g/mol. The summed E-state index contributed by atoms with van der Waals surface area (Å²) in [4.78, 5) is 0. The highest BCUT2D eigenvalue weighted by Gasteiger charge is 2.26. The molecule has 6 heteroatoms. The number of hydrogen-bond donors (Lipinski definition) is 0. The number of nitrogens with zero attached hydrogens (tertiary/aromatic N) is 2. The maximum atomic E-state index is 11.7. The minimum atomic E-state index is -4.15. The van der Waals surface area contributed by atoms with Crippen LogP contribution in [0, 0.1) is 0 Å². The van der Waals surface area contributed by atoms with Crippen LogP contribution in [-0.2, 0) is 17.9 Å². The highest BCUT2D eigenvalue weighted by molar-refractivity contribution is 4.96. The molecule has 3 nitrogen and oxygen atoms in total. The molecule has 0 saturated carbocycles. The Labute approximate surface area is 85.8 Å². The fourth-order valence-electron chi connectivity index (χ4n) is 1.02. The summed E-state index contributed by atoms with van der Waals surface area (Å²) in [6.45, 7) is 2.48. The highest BCUT2D eigenvalue weighted by Crippen LogP contribution is 2.19. The molecule has 0 unspecified atom stereocenters. The smallest absolute Gasteiger partial charge is 0.375 e. The van der Waals surface area contributed by atoms with Crippen LogP contribution in [0.3, 0.4) is 0 Å². The molecule has 0 aromatic carbocycles. The standard InChI is InChI=1S/C9H13F3N2O/c1-2-14-5-3-8(13-14)7-15-6-4-9(10,11)12/h3,5H,2,4,6-7H2,1H3. The first-order valence-electron chi connectivity index (χ1n) is 4.68. The van der Waals surface area contributed by atoms with Gasteiger partial charge in [-0.1, -0.05) is 0 Å². The van der Waals surface area contributed by atoms with Gasteiger partial charge in [0, 0.05) is 12.7 Å². The van der Waals surface area contributed by atoms with Crippen molar-refractivity contribution in [3.63, 3.8) is 0 Å². The summed E-state index contributed by atoms with van der Waals surface area (Å²) < 4.78 is 41.8. The lowest BCUT2D eigenvalue weighted by Crippen LogP contribution is -2.11. The first-order valence-corrected chi connectivity index (χ1v) is 4.68. The van der Waals surface area contributed by atoms with Crippen LogP contribution >= 0.6 is 0 Å². The topological polar surface area (TPSA) is 27.1 Å². The maximum Gasteiger partial charge on any atom is 0.391 e. The lowest BCUT2D eigenvalue weighted by atomic mass is 10.4. The summed E-state index contributed by atoms with van der Waals surface area (Å²) in [5.74, 6) is 0. The second kappa shape index (κ2) is 5.16. The summed E-state index contributed by atoms with van der Waals surface area (Å²) in [7, 11) is 0. The van der Waals surface area contributed by atoms with Crippen molar-refractivity contribution in [2.75, 3.05) is 6.61 Å². The van der Waals surface area contributed by atoms with E-state index in [4.69, 9.17) is 4.74 Å². The molecule has 0 aliphatic heterocycles. The number of ether oxygens (including phenoxy) is 1. The monoisotopic (exact) mass is 222 g/mol. The molecule has 15 heavy (non-hydrogen) atoms. The third-order valence-electron chi connectivity index (χ3n) is 1.80. The Morgan fingerprint density at radius 3 is 2.73 bits per heavy atom.